The molecule has 1 N–H and O–H groups in total. The molecule has 0 amide bonds. The highest BCUT2D eigenvalue weighted by Crippen LogP contribution is 2.27. The van der Waals surface area contributed by atoms with E-state index in [-0.39, 0.29) is 11.2 Å². The number of fused-ring (bicyclic) bond motifs is 1. The van der Waals surface area contributed by atoms with Gasteiger partial charge >= 0.3 is 0 Å². The van der Waals surface area contributed by atoms with Crippen LogP contribution in [0.2, 0.25) is 0 Å². The molecule has 0 radical (unpaired) electrons. The number of H-pyrrole nitrogens is 1. The van der Waals surface area contributed by atoms with Gasteiger partial charge in [-0.05, 0) is 6.07 Å². The number of aromatic amines is 1. The first-order chi connectivity index (χ1) is 14.0. The normalized spacial score (nSPS) is 13.7. The van der Waals surface area contributed by atoms with Crippen LogP contribution in [0.4, 0.5) is 5.69 Å². The zero-order valence-electron chi connectivity index (χ0n) is 15.9. The summed E-state index contributed by atoms with van der Waals surface area (Å²) in [5.41, 5.74) is 2.90. The van der Waals surface area contributed by atoms with E-state index in [2.05, 4.69) is 14.9 Å². The quantitative estimate of drug-likeness (QED) is 0.529. The van der Waals surface area contributed by atoms with E-state index in [4.69, 9.17) is 4.74 Å². The molecule has 0 unspecified atom stereocenters. The highest BCUT2D eigenvalue weighted by molar-refractivity contribution is 5.54. The number of aromatic nitrogens is 2. The van der Waals surface area contributed by atoms with Gasteiger partial charge in [-0.25, -0.2) is 4.98 Å². The highest BCUT2D eigenvalue weighted by Gasteiger charge is 2.23. The molecular weight excluding hydrogens is 372 g/mol. The summed E-state index contributed by atoms with van der Waals surface area (Å²) < 4.78 is 5.35. The van der Waals surface area contributed by atoms with Gasteiger partial charge in [0.1, 0.15) is 11.6 Å². The average molecular weight is 392 g/mol. The molecule has 3 aromatic rings. The number of nitrogens with zero attached hydrogens (tertiary/aromatic N) is 3. The maximum Gasteiger partial charge on any atom is 0.270 e. The SMILES string of the molecule is COc1ccc([N+](=O)[O-])cc1CN1CCc2nc(-c3ccccc3)[nH]c(=O)c2C1. The number of nitrogens with one attached hydrogen (secondary N) is 1. The van der Waals surface area contributed by atoms with Crippen molar-refractivity contribution in [3.05, 3.63) is 85.8 Å². The van der Waals surface area contributed by atoms with Crippen molar-refractivity contribution >= 4 is 5.69 Å². The lowest BCUT2D eigenvalue weighted by atomic mass is 10.0. The second-order valence-corrected chi connectivity index (χ2v) is 6.92. The van der Waals surface area contributed by atoms with Crippen LogP contribution >= 0.6 is 0 Å². The summed E-state index contributed by atoms with van der Waals surface area (Å²) >= 11 is 0. The maximum absolute atomic E-state index is 12.7. The van der Waals surface area contributed by atoms with Crippen LogP contribution in [-0.4, -0.2) is 33.4 Å². The molecule has 0 saturated heterocycles. The molecule has 4 rings (SSSR count). The largest absolute Gasteiger partial charge is 0.496 e. The zero-order chi connectivity index (χ0) is 20.4. The molecule has 1 aliphatic rings. The third kappa shape index (κ3) is 3.88. The van der Waals surface area contributed by atoms with Gasteiger partial charge in [-0.3, -0.25) is 19.8 Å². The van der Waals surface area contributed by atoms with Crippen LogP contribution in [0.5, 0.6) is 5.75 Å². The van der Waals surface area contributed by atoms with Crippen LogP contribution in [0.25, 0.3) is 11.4 Å². The van der Waals surface area contributed by atoms with E-state index in [1.54, 1.807) is 6.07 Å². The fraction of sp³-hybridized carbons (Fsp3) is 0.238. The molecule has 8 nitrogen and oxygen atoms in total. The first-order valence-electron chi connectivity index (χ1n) is 9.26. The second kappa shape index (κ2) is 7.84. The number of nitro groups is 1. The van der Waals surface area contributed by atoms with Crippen LogP contribution in [0, 0.1) is 10.1 Å². The van der Waals surface area contributed by atoms with Crippen molar-refractivity contribution in [3.63, 3.8) is 0 Å². The number of nitro benzene ring substituents is 1. The molecule has 1 aliphatic heterocycles. The lowest BCUT2D eigenvalue weighted by molar-refractivity contribution is -0.385. The van der Waals surface area contributed by atoms with Gasteiger partial charge in [-0.2, -0.15) is 0 Å². The molecule has 8 heteroatoms. The van der Waals surface area contributed by atoms with E-state index < -0.39 is 4.92 Å². The van der Waals surface area contributed by atoms with Gasteiger partial charge in [0.25, 0.3) is 11.2 Å². The Labute approximate surface area is 166 Å². The monoisotopic (exact) mass is 392 g/mol. The van der Waals surface area contributed by atoms with Crippen LogP contribution in [0.1, 0.15) is 16.8 Å². The van der Waals surface area contributed by atoms with E-state index in [1.165, 1.54) is 19.2 Å². The summed E-state index contributed by atoms with van der Waals surface area (Å²) in [5, 5.41) is 11.1. The number of benzene rings is 2. The molecular formula is C21H20N4O4. The van der Waals surface area contributed by atoms with E-state index in [1.807, 2.05) is 30.3 Å². The first kappa shape index (κ1) is 18.8. The summed E-state index contributed by atoms with van der Waals surface area (Å²) in [6.45, 7) is 1.58. The van der Waals surface area contributed by atoms with Gasteiger partial charge < -0.3 is 9.72 Å². The lowest BCUT2D eigenvalue weighted by Gasteiger charge is -2.28. The minimum atomic E-state index is -0.422. The van der Waals surface area contributed by atoms with Gasteiger partial charge in [-0.1, -0.05) is 30.3 Å². The average Bonchev–Trinajstić information content (AvgIpc) is 2.74. The number of non-ortho nitro benzene ring substituents is 1. The molecule has 148 valence electrons. The summed E-state index contributed by atoms with van der Waals surface area (Å²) in [5.74, 6) is 1.16. The predicted octanol–water partition coefficient (Wildman–Crippen LogP) is 2.91. The minimum Gasteiger partial charge on any atom is -0.496 e. The van der Waals surface area contributed by atoms with Crippen LogP contribution in [-0.2, 0) is 19.5 Å². The Hall–Kier alpha value is -3.52. The summed E-state index contributed by atoms with van der Waals surface area (Å²) in [7, 11) is 1.54. The molecule has 0 atom stereocenters. The van der Waals surface area contributed by atoms with Gasteiger partial charge in [0.2, 0.25) is 0 Å². The molecule has 1 aromatic heterocycles. The van der Waals surface area contributed by atoms with Gasteiger partial charge in [0.15, 0.2) is 0 Å². The lowest BCUT2D eigenvalue weighted by Crippen LogP contribution is -2.35. The molecule has 0 bridgehead atoms. The Morgan fingerprint density at radius 3 is 2.76 bits per heavy atom. The predicted molar refractivity (Wildman–Crippen MR) is 108 cm³/mol. The number of methoxy groups -OCH3 is 1. The van der Waals surface area contributed by atoms with Crippen molar-refractivity contribution in [2.45, 2.75) is 19.5 Å². The Bertz CT molecular complexity index is 1110. The minimum absolute atomic E-state index is 0.0187. The zero-order valence-corrected chi connectivity index (χ0v) is 15.9. The number of ether oxygens (including phenoxy) is 1. The van der Waals surface area contributed by atoms with Crippen LogP contribution in [0.15, 0.2) is 53.3 Å². The van der Waals surface area contributed by atoms with E-state index in [0.717, 1.165) is 16.8 Å². The van der Waals surface area contributed by atoms with Crippen molar-refractivity contribution in [1.29, 1.82) is 0 Å². The first-order valence-corrected chi connectivity index (χ1v) is 9.26. The van der Waals surface area contributed by atoms with Crippen molar-refractivity contribution in [3.8, 4) is 17.1 Å². The van der Waals surface area contributed by atoms with Crippen molar-refractivity contribution in [2.75, 3.05) is 13.7 Å². The molecule has 29 heavy (non-hydrogen) atoms. The Balaban J connectivity index is 1.59. The summed E-state index contributed by atoms with van der Waals surface area (Å²) in [6, 6.07) is 14.1. The van der Waals surface area contributed by atoms with Crippen molar-refractivity contribution in [1.82, 2.24) is 14.9 Å². The standard InChI is InChI=1S/C21H20N4O4/c1-29-19-8-7-16(25(27)28)11-15(19)12-24-10-9-18-17(13-24)21(26)23-20(22-18)14-5-3-2-4-6-14/h2-8,11H,9-10,12-13H2,1H3,(H,22,23,26). The van der Waals surface area contributed by atoms with Gasteiger partial charge in [0, 0.05) is 49.3 Å². The number of hydrogen-bond donors (Lipinski definition) is 1. The Kier molecular flexibility index (Phi) is 5.09. The van der Waals surface area contributed by atoms with Crippen molar-refractivity contribution in [2.24, 2.45) is 0 Å². The van der Waals surface area contributed by atoms with E-state index >= 15 is 0 Å². The number of rotatable bonds is 5. The summed E-state index contributed by atoms with van der Waals surface area (Å²) in [6.07, 6.45) is 0.635. The van der Waals surface area contributed by atoms with Gasteiger partial charge in [-0.15, -0.1) is 0 Å². The highest BCUT2D eigenvalue weighted by atomic mass is 16.6. The van der Waals surface area contributed by atoms with Crippen LogP contribution < -0.4 is 10.3 Å². The fourth-order valence-corrected chi connectivity index (χ4v) is 3.59. The molecule has 0 fully saturated rings. The maximum atomic E-state index is 12.7. The number of hydrogen-bond acceptors (Lipinski definition) is 6. The molecule has 0 spiro atoms. The molecule has 0 saturated carbocycles. The molecule has 2 aromatic carbocycles. The third-order valence-electron chi connectivity index (χ3n) is 5.06. The second-order valence-electron chi connectivity index (χ2n) is 6.92. The van der Waals surface area contributed by atoms with E-state index in [0.29, 0.717) is 43.2 Å². The van der Waals surface area contributed by atoms with Crippen molar-refractivity contribution < 1.29 is 9.66 Å². The Morgan fingerprint density at radius 2 is 2.03 bits per heavy atom. The smallest absolute Gasteiger partial charge is 0.270 e. The molecule has 0 aliphatic carbocycles. The van der Waals surface area contributed by atoms with E-state index in [9.17, 15) is 14.9 Å². The molecule has 2 heterocycles. The Morgan fingerprint density at radius 1 is 1.24 bits per heavy atom. The summed E-state index contributed by atoms with van der Waals surface area (Å²) in [4.78, 5) is 33.0. The topological polar surface area (TPSA) is 101 Å². The van der Waals surface area contributed by atoms with Crippen LogP contribution in [0.3, 0.4) is 0 Å². The fourth-order valence-electron chi connectivity index (χ4n) is 3.59. The van der Waals surface area contributed by atoms with Gasteiger partial charge in [0.05, 0.1) is 23.3 Å². The third-order valence-corrected chi connectivity index (χ3v) is 5.06.